The molecule has 160 valence electrons. The second-order valence-corrected chi connectivity index (χ2v) is 9.12. The first kappa shape index (κ1) is 19.6. The van der Waals surface area contributed by atoms with E-state index in [2.05, 4.69) is 44.2 Å². The molecule has 1 fully saturated rings. The molecule has 0 aromatic carbocycles. The Morgan fingerprint density at radius 2 is 2.00 bits per heavy atom. The number of hydrogen-bond acceptors (Lipinski definition) is 6. The first-order valence-electron chi connectivity index (χ1n) is 11.3. The molecular formula is C23H32N6O. The molecule has 0 radical (unpaired) electrons. The average molecular weight is 409 g/mol. The van der Waals surface area contributed by atoms with E-state index in [9.17, 15) is 4.79 Å². The largest absolute Gasteiger partial charge is 0.367 e. The molecule has 7 nitrogen and oxygen atoms in total. The van der Waals surface area contributed by atoms with E-state index in [0.29, 0.717) is 11.7 Å². The van der Waals surface area contributed by atoms with Crippen molar-refractivity contribution < 1.29 is 0 Å². The number of piperidine rings is 1. The Balaban J connectivity index is 1.39. The lowest BCUT2D eigenvalue weighted by atomic mass is 9.97. The number of fused-ring (bicyclic) bond motifs is 2. The summed E-state index contributed by atoms with van der Waals surface area (Å²) in [6.07, 6.45) is 9.70. The molecule has 5 heterocycles. The van der Waals surface area contributed by atoms with E-state index in [4.69, 9.17) is 0 Å². The molecule has 7 heteroatoms. The van der Waals surface area contributed by atoms with Crippen LogP contribution in [0.5, 0.6) is 0 Å². The number of aromatic amines is 1. The standard InChI is InChI=1S/C23H32N6O/c1-16-5-3-4-8-29(16)22-13-24-12-17-6-10-28(15-19(17)22)26-21-11-18-14-27(2)9-7-20(18)25-23(21)30/h11-13,16,26H,3-10,14-15H2,1-2H3,(H,25,30)/t16-/m1/s1. The van der Waals surface area contributed by atoms with Gasteiger partial charge in [0.2, 0.25) is 0 Å². The molecule has 1 atom stereocenters. The molecule has 0 bridgehead atoms. The zero-order valence-corrected chi connectivity index (χ0v) is 18.1. The number of nitrogens with zero attached hydrogens (tertiary/aromatic N) is 4. The molecule has 0 saturated carbocycles. The van der Waals surface area contributed by atoms with Crippen molar-refractivity contribution in [1.29, 1.82) is 0 Å². The third kappa shape index (κ3) is 3.72. The maximum absolute atomic E-state index is 12.7. The molecule has 3 aliphatic heterocycles. The average Bonchev–Trinajstić information content (AvgIpc) is 2.75. The Morgan fingerprint density at radius 1 is 1.10 bits per heavy atom. The van der Waals surface area contributed by atoms with Crippen molar-refractivity contribution in [2.24, 2.45) is 0 Å². The second kappa shape index (κ2) is 8.04. The zero-order chi connectivity index (χ0) is 20.7. The summed E-state index contributed by atoms with van der Waals surface area (Å²) >= 11 is 0. The van der Waals surface area contributed by atoms with Gasteiger partial charge in [-0.05, 0) is 62.4 Å². The highest BCUT2D eigenvalue weighted by Crippen LogP contribution is 2.32. The molecule has 0 unspecified atom stereocenters. The first-order valence-corrected chi connectivity index (χ1v) is 11.3. The minimum Gasteiger partial charge on any atom is -0.367 e. The van der Waals surface area contributed by atoms with Gasteiger partial charge in [-0.3, -0.25) is 9.78 Å². The van der Waals surface area contributed by atoms with Crippen LogP contribution in [0, 0.1) is 0 Å². The van der Waals surface area contributed by atoms with E-state index in [1.54, 1.807) is 0 Å². The number of anilines is 2. The van der Waals surface area contributed by atoms with Gasteiger partial charge in [0.25, 0.3) is 5.56 Å². The third-order valence-electron chi connectivity index (χ3n) is 6.91. The zero-order valence-electron chi connectivity index (χ0n) is 18.1. The predicted molar refractivity (Wildman–Crippen MR) is 120 cm³/mol. The van der Waals surface area contributed by atoms with Crippen molar-refractivity contribution in [1.82, 2.24) is 19.9 Å². The van der Waals surface area contributed by atoms with E-state index < -0.39 is 0 Å². The van der Waals surface area contributed by atoms with Gasteiger partial charge in [0.05, 0.1) is 11.9 Å². The molecule has 0 amide bonds. The minimum atomic E-state index is -0.0243. The SMILES string of the molecule is C[C@@H]1CCCCN1c1cncc2c1CN(Nc1cc3c([nH]c1=O)CCN(C)C3)CC2. The predicted octanol–water partition coefficient (Wildman–Crippen LogP) is 2.52. The lowest BCUT2D eigenvalue weighted by Crippen LogP contribution is -2.41. The Hall–Kier alpha value is -2.38. The summed E-state index contributed by atoms with van der Waals surface area (Å²) in [6, 6.07) is 2.59. The van der Waals surface area contributed by atoms with Gasteiger partial charge in [0, 0.05) is 57.1 Å². The van der Waals surface area contributed by atoms with Crippen LogP contribution in [0.15, 0.2) is 23.3 Å². The highest BCUT2D eigenvalue weighted by Gasteiger charge is 2.26. The van der Waals surface area contributed by atoms with Crippen molar-refractivity contribution in [2.75, 3.05) is 37.0 Å². The quantitative estimate of drug-likeness (QED) is 0.814. The summed E-state index contributed by atoms with van der Waals surface area (Å²) in [5.74, 6) is 0. The van der Waals surface area contributed by atoms with Crippen LogP contribution in [-0.4, -0.2) is 52.6 Å². The van der Waals surface area contributed by atoms with Crippen LogP contribution < -0.4 is 15.9 Å². The highest BCUT2D eigenvalue weighted by atomic mass is 16.1. The number of likely N-dealkylation sites (N-methyl/N-ethyl adjacent to an activating group) is 1. The number of hydrazine groups is 1. The van der Waals surface area contributed by atoms with Gasteiger partial charge >= 0.3 is 0 Å². The molecule has 2 N–H and O–H groups in total. The fourth-order valence-corrected chi connectivity index (χ4v) is 5.14. The van der Waals surface area contributed by atoms with Crippen LogP contribution in [0.3, 0.4) is 0 Å². The normalized spacial score (nSPS) is 22.5. The highest BCUT2D eigenvalue weighted by molar-refractivity contribution is 5.57. The van der Waals surface area contributed by atoms with E-state index in [1.165, 1.54) is 41.6 Å². The summed E-state index contributed by atoms with van der Waals surface area (Å²) in [6.45, 7) is 6.94. The molecule has 3 aliphatic rings. The lowest BCUT2D eigenvalue weighted by molar-refractivity contribution is 0.303. The second-order valence-electron chi connectivity index (χ2n) is 9.12. The van der Waals surface area contributed by atoms with Gasteiger partial charge in [-0.25, -0.2) is 5.01 Å². The maximum Gasteiger partial charge on any atom is 0.272 e. The van der Waals surface area contributed by atoms with Crippen LogP contribution in [0.2, 0.25) is 0 Å². The summed E-state index contributed by atoms with van der Waals surface area (Å²) in [5.41, 5.74) is 10.3. The van der Waals surface area contributed by atoms with Gasteiger partial charge in [-0.1, -0.05) is 0 Å². The Morgan fingerprint density at radius 3 is 2.87 bits per heavy atom. The van der Waals surface area contributed by atoms with Gasteiger partial charge in [-0.2, -0.15) is 0 Å². The molecule has 0 spiro atoms. The third-order valence-corrected chi connectivity index (χ3v) is 6.91. The van der Waals surface area contributed by atoms with Gasteiger partial charge < -0.3 is 20.2 Å². The van der Waals surface area contributed by atoms with Crippen molar-refractivity contribution in [2.45, 2.75) is 58.2 Å². The molecule has 2 aromatic rings. The van der Waals surface area contributed by atoms with Crippen molar-refractivity contribution >= 4 is 11.4 Å². The van der Waals surface area contributed by atoms with E-state index in [0.717, 1.165) is 51.3 Å². The minimum absolute atomic E-state index is 0.0243. The van der Waals surface area contributed by atoms with Crippen LogP contribution in [-0.2, 0) is 25.9 Å². The Kier molecular flexibility index (Phi) is 5.25. The molecule has 5 rings (SSSR count). The Labute approximate surface area is 178 Å². The van der Waals surface area contributed by atoms with Crippen molar-refractivity contribution in [3.8, 4) is 0 Å². The molecule has 30 heavy (non-hydrogen) atoms. The fraction of sp³-hybridized carbons (Fsp3) is 0.565. The van der Waals surface area contributed by atoms with Gasteiger partial charge in [-0.15, -0.1) is 0 Å². The number of aromatic nitrogens is 2. The van der Waals surface area contributed by atoms with Crippen molar-refractivity contribution in [3.63, 3.8) is 0 Å². The molecule has 2 aromatic heterocycles. The summed E-state index contributed by atoms with van der Waals surface area (Å²) in [7, 11) is 2.12. The summed E-state index contributed by atoms with van der Waals surface area (Å²) in [5, 5.41) is 2.18. The fourth-order valence-electron chi connectivity index (χ4n) is 5.14. The smallest absolute Gasteiger partial charge is 0.272 e. The van der Waals surface area contributed by atoms with E-state index in [-0.39, 0.29) is 5.56 Å². The number of H-pyrrole nitrogens is 1. The summed E-state index contributed by atoms with van der Waals surface area (Å²) < 4.78 is 0. The van der Waals surface area contributed by atoms with Crippen LogP contribution in [0.25, 0.3) is 0 Å². The number of pyridine rings is 2. The van der Waals surface area contributed by atoms with Crippen LogP contribution in [0.4, 0.5) is 11.4 Å². The number of rotatable bonds is 3. The van der Waals surface area contributed by atoms with E-state index in [1.807, 2.05) is 18.5 Å². The van der Waals surface area contributed by atoms with Crippen LogP contribution >= 0.6 is 0 Å². The molecule has 0 aliphatic carbocycles. The van der Waals surface area contributed by atoms with Gasteiger partial charge in [0.1, 0.15) is 5.69 Å². The van der Waals surface area contributed by atoms with Crippen LogP contribution in [0.1, 0.15) is 48.6 Å². The first-order chi connectivity index (χ1) is 14.6. The van der Waals surface area contributed by atoms with Crippen molar-refractivity contribution in [3.05, 3.63) is 51.2 Å². The topological polar surface area (TPSA) is 67.5 Å². The molecular weight excluding hydrogens is 376 g/mol. The number of nitrogens with one attached hydrogen (secondary N) is 2. The lowest BCUT2D eigenvalue weighted by Gasteiger charge is -2.39. The number of hydrogen-bond donors (Lipinski definition) is 2. The van der Waals surface area contributed by atoms with Gasteiger partial charge in [0.15, 0.2) is 0 Å². The Bertz CT molecular complexity index is 986. The molecule has 1 saturated heterocycles. The maximum atomic E-state index is 12.7. The monoisotopic (exact) mass is 408 g/mol. The van der Waals surface area contributed by atoms with E-state index >= 15 is 0 Å². The summed E-state index contributed by atoms with van der Waals surface area (Å²) in [4.78, 5) is 25.1.